The van der Waals surface area contributed by atoms with Crippen molar-refractivity contribution in [3.63, 3.8) is 0 Å². The van der Waals surface area contributed by atoms with Gasteiger partial charge in [-0.2, -0.15) is 8.78 Å². The number of benzene rings is 1. The minimum atomic E-state index is -2.80. The maximum Gasteiger partial charge on any atom is 0.387 e. The maximum absolute atomic E-state index is 12.2. The number of hydrogen-bond donors (Lipinski definition) is 0. The van der Waals surface area contributed by atoms with Crippen LogP contribution in [0.1, 0.15) is 4.88 Å². The molecule has 1 aromatic heterocycles. The van der Waals surface area contributed by atoms with E-state index in [2.05, 4.69) is 21.6 Å². The normalized spacial score (nSPS) is 15.5. The fourth-order valence-corrected chi connectivity index (χ4v) is 3.56. The SMILES string of the molecule is Cc1sc(N2CCN(C)CC2)nc1-c1ccc(OC(F)F)cc1.[Cl-]. The molecule has 132 valence electrons. The van der Waals surface area contributed by atoms with Crippen molar-refractivity contribution in [2.75, 3.05) is 38.1 Å². The minimum Gasteiger partial charge on any atom is -1.00 e. The van der Waals surface area contributed by atoms with Crippen molar-refractivity contribution in [2.45, 2.75) is 13.5 Å². The molecule has 3 rings (SSSR count). The van der Waals surface area contributed by atoms with Crippen LogP contribution in [0.15, 0.2) is 24.3 Å². The summed E-state index contributed by atoms with van der Waals surface area (Å²) in [5.41, 5.74) is 1.83. The maximum atomic E-state index is 12.2. The van der Waals surface area contributed by atoms with Gasteiger partial charge >= 0.3 is 6.61 Å². The highest BCUT2D eigenvalue weighted by molar-refractivity contribution is 7.16. The first kappa shape index (κ1) is 18.9. The number of halogens is 3. The molecule has 0 amide bonds. The molecule has 0 N–H and O–H groups in total. The van der Waals surface area contributed by atoms with E-state index in [-0.39, 0.29) is 18.2 Å². The minimum absolute atomic E-state index is 0. The highest BCUT2D eigenvalue weighted by Crippen LogP contribution is 2.33. The van der Waals surface area contributed by atoms with Gasteiger partial charge in [-0.3, -0.25) is 0 Å². The number of rotatable bonds is 4. The highest BCUT2D eigenvalue weighted by atomic mass is 35.5. The van der Waals surface area contributed by atoms with E-state index in [0.29, 0.717) is 0 Å². The summed E-state index contributed by atoms with van der Waals surface area (Å²) in [6.45, 7) is 3.26. The smallest absolute Gasteiger partial charge is 0.387 e. The van der Waals surface area contributed by atoms with Crippen molar-refractivity contribution in [2.24, 2.45) is 0 Å². The summed E-state index contributed by atoms with van der Waals surface area (Å²) in [6.07, 6.45) is 0. The monoisotopic (exact) mass is 374 g/mol. The summed E-state index contributed by atoms with van der Waals surface area (Å²) < 4.78 is 28.8. The lowest BCUT2D eigenvalue weighted by Gasteiger charge is -2.32. The number of thiazole rings is 1. The highest BCUT2D eigenvalue weighted by Gasteiger charge is 2.19. The zero-order chi connectivity index (χ0) is 16.4. The lowest BCUT2D eigenvalue weighted by molar-refractivity contribution is -0.0498. The molecule has 0 bridgehead atoms. The Hall–Kier alpha value is -1.44. The van der Waals surface area contributed by atoms with Crippen molar-refractivity contribution < 1.29 is 25.9 Å². The first-order valence-electron chi connectivity index (χ1n) is 7.49. The third-order valence-corrected chi connectivity index (χ3v) is 4.94. The predicted octanol–water partition coefficient (Wildman–Crippen LogP) is 0.476. The first-order chi connectivity index (χ1) is 11.0. The number of piperazine rings is 1. The molecule has 1 aliphatic rings. The molecular formula is C16H19ClF2N3OS-. The summed E-state index contributed by atoms with van der Waals surface area (Å²) in [5, 5.41) is 1.03. The van der Waals surface area contributed by atoms with Crippen LogP contribution in [0.25, 0.3) is 11.3 Å². The molecule has 1 aliphatic heterocycles. The lowest BCUT2D eigenvalue weighted by Crippen LogP contribution is -3.00. The topological polar surface area (TPSA) is 28.6 Å². The number of ether oxygens (including phenoxy) is 1. The van der Waals surface area contributed by atoms with Crippen LogP contribution >= 0.6 is 11.3 Å². The Morgan fingerprint density at radius 3 is 2.33 bits per heavy atom. The van der Waals surface area contributed by atoms with E-state index in [1.807, 2.05) is 6.92 Å². The third-order valence-electron chi connectivity index (χ3n) is 3.91. The molecule has 1 aromatic carbocycles. The van der Waals surface area contributed by atoms with Crippen LogP contribution in [0.4, 0.5) is 13.9 Å². The first-order valence-corrected chi connectivity index (χ1v) is 8.31. The molecule has 4 nitrogen and oxygen atoms in total. The molecule has 2 heterocycles. The molecule has 0 spiro atoms. The van der Waals surface area contributed by atoms with Crippen LogP contribution in [0.2, 0.25) is 0 Å². The number of aryl methyl sites for hydroxylation is 1. The Balaban J connectivity index is 0.00000208. The Labute approximate surface area is 150 Å². The Bertz CT molecular complexity index is 658. The summed E-state index contributed by atoms with van der Waals surface area (Å²) in [4.78, 5) is 10.5. The number of nitrogens with zero attached hydrogens (tertiary/aromatic N) is 3. The van der Waals surface area contributed by atoms with Gasteiger partial charge in [-0.05, 0) is 38.2 Å². The number of alkyl halides is 2. The predicted molar refractivity (Wildman–Crippen MR) is 88.6 cm³/mol. The van der Waals surface area contributed by atoms with Gasteiger partial charge in [-0.25, -0.2) is 4.98 Å². The van der Waals surface area contributed by atoms with Crippen LogP contribution in [0.5, 0.6) is 5.75 Å². The van der Waals surface area contributed by atoms with Gasteiger partial charge in [0.15, 0.2) is 5.13 Å². The number of hydrogen-bond acceptors (Lipinski definition) is 5. The fraction of sp³-hybridized carbons (Fsp3) is 0.438. The summed E-state index contributed by atoms with van der Waals surface area (Å²) >= 11 is 1.68. The zero-order valence-electron chi connectivity index (χ0n) is 13.5. The van der Waals surface area contributed by atoms with E-state index in [1.54, 1.807) is 35.6 Å². The molecule has 8 heteroatoms. The second-order valence-electron chi connectivity index (χ2n) is 5.59. The van der Waals surface area contributed by atoms with Gasteiger partial charge in [0.25, 0.3) is 0 Å². The van der Waals surface area contributed by atoms with Crippen LogP contribution in [0, 0.1) is 6.92 Å². The van der Waals surface area contributed by atoms with Gasteiger partial charge in [0.1, 0.15) is 5.75 Å². The van der Waals surface area contributed by atoms with E-state index in [1.165, 1.54) is 0 Å². The lowest BCUT2D eigenvalue weighted by atomic mass is 10.1. The average Bonchev–Trinajstić information content (AvgIpc) is 2.90. The molecule has 0 aliphatic carbocycles. The largest absolute Gasteiger partial charge is 1.00 e. The van der Waals surface area contributed by atoms with Gasteiger partial charge < -0.3 is 26.9 Å². The third kappa shape index (κ3) is 4.34. The standard InChI is InChI=1S/C16H19F2N3OS.ClH/c1-11-14(12-3-5-13(6-4-12)22-15(17)18)19-16(23-11)21-9-7-20(2)8-10-21;/h3-6,15H,7-10H2,1-2H3;1H/p-1. The number of aromatic nitrogens is 1. The van der Waals surface area contributed by atoms with Crippen molar-refractivity contribution in [1.29, 1.82) is 0 Å². The van der Waals surface area contributed by atoms with Gasteiger partial charge in [0.2, 0.25) is 0 Å². The molecule has 2 aromatic rings. The number of likely N-dealkylation sites (N-methyl/N-ethyl adjacent to an activating group) is 1. The van der Waals surface area contributed by atoms with Crippen molar-refractivity contribution in [3.8, 4) is 17.0 Å². The van der Waals surface area contributed by atoms with Gasteiger partial charge in [-0.15, -0.1) is 11.3 Å². The van der Waals surface area contributed by atoms with Gasteiger partial charge in [0.05, 0.1) is 5.69 Å². The molecule has 24 heavy (non-hydrogen) atoms. The molecule has 0 saturated carbocycles. The quantitative estimate of drug-likeness (QED) is 0.778. The summed E-state index contributed by atoms with van der Waals surface area (Å²) in [6, 6.07) is 6.65. The van der Waals surface area contributed by atoms with Crippen LogP contribution in [-0.4, -0.2) is 49.7 Å². The van der Waals surface area contributed by atoms with Crippen molar-refractivity contribution >= 4 is 16.5 Å². The Kier molecular flexibility index (Phi) is 6.37. The van der Waals surface area contributed by atoms with Crippen LogP contribution in [0.3, 0.4) is 0 Å². The van der Waals surface area contributed by atoms with Crippen LogP contribution in [-0.2, 0) is 0 Å². The summed E-state index contributed by atoms with van der Waals surface area (Å²) in [5.74, 6) is 0.163. The molecule has 1 fully saturated rings. The molecule has 0 unspecified atom stereocenters. The van der Waals surface area contributed by atoms with E-state index >= 15 is 0 Å². The summed E-state index contributed by atoms with van der Waals surface area (Å²) in [7, 11) is 2.12. The molecule has 1 saturated heterocycles. The van der Waals surface area contributed by atoms with E-state index < -0.39 is 6.61 Å². The average molecular weight is 375 g/mol. The van der Waals surface area contributed by atoms with Crippen molar-refractivity contribution in [3.05, 3.63) is 29.1 Å². The molecule has 0 atom stereocenters. The Morgan fingerprint density at radius 1 is 1.12 bits per heavy atom. The Morgan fingerprint density at radius 2 is 1.75 bits per heavy atom. The number of anilines is 1. The van der Waals surface area contributed by atoms with Crippen LogP contribution < -0.4 is 22.0 Å². The second-order valence-corrected chi connectivity index (χ2v) is 6.78. The van der Waals surface area contributed by atoms with Crippen molar-refractivity contribution in [1.82, 2.24) is 9.88 Å². The second kappa shape index (κ2) is 8.09. The molecular weight excluding hydrogens is 356 g/mol. The van der Waals surface area contributed by atoms with E-state index in [4.69, 9.17) is 4.98 Å². The van der Waals surface area contributed by atoms with Gasteiger partial charge in [-0.1, -0.05) is 0 Å². The zero-order valence-corrected chi connectivity index (χ0v) is 15.1. The van der Waals surface area contributed by atoms with E-state index in [0.717, 1.165) is 47.4 Å². The fourth-order valence-electron chi connectivity index (χ4n) is 2.58. The van der Waals surface area contributed by atoms with Gasteiger partial charge in [0, 0.05) is 36.6 Å². The molecule has 0 radical (unpaired) electrons. The van der Waals surface area contributed by atoms with E-state index in [9.17, 15) is 8.78 Å².